The highest BCUT2D eigenvalue weighted by atomic mass is 15.4. The molecule has 1 aliphatic carbocycles. The first-order valence-electron chi connectivity index (χ1n) is 6.97. The van der Waals surface area contributed by atoms with E-state index in [9.17, 15) is 0 Å². The van der Waals surface area contributed by atoms with Gasteiger partial charge in [-0.1, -0.05) is 30.5 Å². The number of hydrogen-bond acceptors (Lipinski definition) is 2. The van der Waals surface area contributed by atoms with E-state index in [-0.39, 0.29) is 0 Å². The second-order valence-corrected chi connectivity index (χ2v) is 5.38. The van der Waals surface area contributed by atoms with Crippen LogP contribution in [0.4, 0.5) is 5.69 Å². The Labute approximate surface area is 115 Å². The first kappa shape index (κ1) is 13.9. The van der Waals surface area contributed by atoms with Crippen LogP contribution in [0.25, 0.3) is 0 Å². The Hall–Kier alpha value is -1.55. The Morgan fingerprint density at radius 2 is 2.00 bits per heavy atom. The van der Waals surface area contributed by atoms with Gasteiger partial charge in [-0.15, -0.1) is 0 Å². The zero-order valence-corrected chi connectivity index (χ0v) is 12.1. The van der Waals surface area contributed by atoms with E-state index in [1.165, 1.54) is 36.8 Å². The number of anilines is 1. The molecule has 0 heterocycles. The third-order valence-electron chi connectivity index (χ3n) is 3.79. The van der Waals surface area contributed by atoms with Crippen LogP contribution in [0.1, 0.15) is 36.8 Å². The van der Waals surface area contributed by atoms with Crippen LogP contribution in [0.5, 0.6) is 0 Å². The molecule has 1 aromatic rings. The van der Waals surface area contributed by atoms with Crippen LogP contribution in [0.2, 0.25) is 0 Å². The highest BCUT2D eigenvalue weighted by Crippen LogP contribution is 2.23. The summed E-state index contributed by atoms with van der Waals surface area (Å²) in [6.07, 6.45) is 4.90. The van der Waals surface area contributed by atoms with Crippen LogP contribution in [-0.4, -0.2) is 19.0 Å². The summed E-state index contributed by atoms with van der Waals surface area (Å²) in [7, 11) is 2.01. The third-order valence-corrected chi connectivity index (χ3v) is 3.79. The van der Waals surface area contributed by atoms with Crippen molar-refractivity contribution in [3.8, 4) is 0 Å². The number of rotatable bonds is 2. The van der Waals surface area contributed by atoms with Gasteiger partial charge in [-0.25, -0.2) is 10.8 Å². The van der Waals surface area contributed by atoms with Crippen molar-refractivity contribution in [2.24, 2.45) is 10.8 Å². The van der Waals surface area contributed by atoms with Crippen LogP contribution in [0.3, 0.4) is 0 Å². The Morgan fingerprint density at radius 3 is 2.58 bits per heavy atom. The molecule has 1 saturated carbocycles. The maximum Gasteiger partial charge on any atom is 0.212 e. The van der Waals surface area contributed by atoms with Crippen molar-refractivity contribution in [2.75, 3.05) is 11.9 Å². The summed E-state index contributed by atoms with van der Waals surface area (Å²) < 4.78 is 0. The normalized spacial score (nSPS) is 16.7. The summed E-state index contributed by atoms with van der Waals surface area (Å²) in [6.45, 7) is 4.22. The van der Waals surface area contributed by atoms with Gasteiger partial charge < -0.3 is 4.90 Å². The number of hydrazine groups is 1. The van der Waals surface area contributed by atoms with Crippen molar-refractivity contribution in [1.82, 2.24) is 5.43 Å². The molecule has 104 valence electrons. The monoisotopic (exact) mass is 260 g/mol. The Kier molecular flexibility index (Phi) is 4.43. The summed E-state index contributed by atoms with van der Waals surface area (Å²) in [5, 5.41) is 0. The van der Waals surface area contributed by atoms with Gasteiger partial charge in [0, 0.05) is 12.7 Å². The number of nitrogens with one attached hydrogen (secondary N) is 1. The molecule has 19 heavy (non-hydrogen) atoms. The van der Waals surface area contributed by atoms with E-state index < -0.39 is 0 Å². The first-order valence-corrected chi connectivity index (χ1v) is 6.97. The minimum absolute atomic E-state index is 0.416. The fourth-order valence-electron chi connectivity index (χ4n) is 2.72. The number of nitrogens with zero attached hydrogens (tertiary/aromatic N) is 2. The lowest BCUT2D eigenvalue weighted by Crippen LogP contribution is -2.43. The standard InChI is InChI=1S/C15H24N4/c1-11-8-9-14(12(2)10-11)19(3)15(18-16)17-13-6-4-5-7-13/h8-10,13H,4-7,16H2,1-3H3,(H,17,18). The summed E-state index contributed by atoms with van der Waals surface area (Å²) >= 11 is 0. The average Bonchev–Trinajstić information content (AvgIpc) is 2.88. The van der Waals surface area contributed by atoms with E-state index in [4.69, 9.17) is 10.8 Å². The molecule has 0 aromatic heterocycles. The number of benzene rings is 1. The van der Waals surface area contributed by atoms with Gasteiger partial charge in [0.25, 0.3) is 0 Å². The summed E-state index contributed by atoms with van der Waals surface area (Å²) in [6, 6.07) is 6.82. The quantitative estimate of drug-likeness (QED) is 0.372. The number of aryl methyl sites for hydroxylation is 2. The summed E-state index contributed by atoms with van der Waals surface area (Å²) in [5.74, 6) is 6.40. The van der Waals surface area contributed by atoms with Crippen molar-refractivity contribution in [2.45, 2.75) is 45.6 Å². The van der Waals surface area contributed by atoms with E-state index in [1.54, 1.807) is 0 Å². The van der Waals surface area contributed by atoms with Crippen LogP contribution in [-0.2, 0) is 0 Å². The molecule has 0 aliphatic heterocycles. The van der Waals surface area contributed by atoms with Gasteiger partial charge in [0.05, 0.1) is 6.04 Å². The molecule has 1 fully saturated rings. The molecule has 2 rings (SSSR count). The molecule has 1 aromatic carbocycles. The molecule has 4 nitrogen and oxygen atoms in total. The van der Waals surface area contributed by atoms with E-state index in [0.717, 1.165) is 11.6 Å². The summed E-state index contributed by atoms with van der Waals surface area (Å²) in [4.78, 5) is 6.78. The highest BCUT2D eigenvalue weighted by Gasteiger charge is 2.17. The Balaban J connectivity index is 2.22. The van der Waals surface area contributed by atoms with Crippen molar-refractivity contribution in [3.63, 3.8) is 0 Å². The second-order valence-electron chi connectivity index (χ2n) is 5.38. The predicted molar refractivity (Wildman–Crippen MR) is 81.3 cm³/mol. The average molecular weight is 260 g/mol. The molecule has 0 unspecified atom stereocenters. The van der Waals surface area contributed by atoms with E-state index >= 15 is 0 Å². The van der Waals surface area contributed by atoms with E-state index in [0.29, 0.717) is 6.04 Å². The van der Waals surface area contributed by atoms with Gasteiger partial charge in [-0.05, 0) is 38.3 Å². The van der Waals surface area contributed by atoms with Crippen LogP contribution < -0.4 is 16.2 Å². The number of nitrogens with two attached hydrogens (primary N) is 1. The highest BCUT2D eigenvalue weighted by molar-refractivity contribution is 5.96. The minimum Gasteiger partial charge on any atom is -0.314 e. The van der Waals surface area contributed by atoms with Gasteiger partial charge in [-0.2, -0.15) is 0 Å². The largest absolute Gasteiger partial charge is 0.314 e. The van der Waals surface area contributed by atoms with Crippen LogP contribution in [0, 0.1) is 13.8 Å². The topological polar surface area (TPSA) is 53.6 Å². The van der Waals surface area contributed by atoms with Gasteiger partial charge in [0.1, 0.15) is 0 Å². The maximum atomic E-state index is 5.65. The maximum absolute atomic E-state index is 5.65. The lowest BCUT2D eigenvalue weighted by Gasteiger charge is -2.24. The lowest BCUT2D eigenvalue weighted by molar-refractivity contribution is 0.696. The lowest BCUT2D eigenvalue weighted by atomic mass is 10.1. The summed E-state index contributed by atoms with van der Waals surface area (Å²) in [5.41, 5.74) is 6.39. The molecule has 3 N–H and O–H groups in total. The number of aliphatic imine (C=N–C) groups is 1. The fraction of sp³-hybridized carbons (Fsp3) is 0.533. The van der Waals surface area contributed by atoms with Crippen molar-refractivity contribution in [1.29, 1.82) is 0 Å². The van der Waals surface area contributed by atoms with Crippen LogP contribution in [0.15, 0.2) is 23.2 Å². The van der Waals surface area contributed by atoms with Gasteiger partial charge >= 0.3 is 0 Å². The minimum atomic E-state index is 0.416. The van der Waals surface area contributed by atoms with Crippen molar-refractivity contribution in [3.05, 3.63) is 29.3 Å². The predicted octanol–water partition coefficient (Wildman–Crippen LogP) is 2.50. The number of guanidine groups is 1. The SMILES string of the molecule is Cc1ccc(N(C)C(=NC2CCCC2)NN)c(C)c1. The third kappa shape index (κ3) is 3.26. The smallest absolute Gasteiger partial charge is 0.212 e. The molecular formula is C15H24N4. The van der Waals surface area contributed by atoms with Crippen molar-refractivity contribution >= 4 is 11.6 Å². The fourth-order valence-corrected chi connectivity index (χ4v) is 2.72. The molecule has 4 heteroatoms. The molecular weight excluding hydrogens is 236 g/mol. The first-order chi connectivity index (χ1) is 9.11. The molecule has 0 saturated heterocycles. The Bertz CT molecular complexity index is 461. The van der Waals surface area contributed by atoms with Gasteiger partial charge in [-0.3, -0.25) is 5.43 Å². The molecule has 0 atom stereocenters. The molecule has 0 radical (unpaired) electrons. The number of hydrogen-bond donors (Lipinski definition) is 2. The van der Waals surface area contributed by atoms with Crippen molar-refractivity contribution < 1.29 is 0 Å². The Morgan fingerprint density at radius 1 is 1.32 bits per heavy atom. The van der Waals surface area contributed by atoms with Gasteiger partial charge in [0.2, 0.25) is 5.96 Å². The zero-order chi connectivity index (χ0) is 13.8. The molecule has 0 spiro atoms. The molecule has 0 bridgehead atoms. The van der Waals surface area contributed by atoms with Gasteiger partial charge in [0.15, 0.2) is 0 Å². The second kappa shape index (κ2) is 6.06. The zero-order valence-electron chi connectivity index (χ0n) is 12.1. The van der Waals surface area contributed by atoms with E-state index in [1.807, 2.05) is 11.9 Å². The molecule has 1 aliphatic rings. The van der Waals surface area contributed by atoms with E-state index in [2.05, 4.69) is 37.5 Å². The molecule has 0 amide bonds. The van der Waals surface area contributed by atoms with Crippen LogP contribution >= 0.6 is 0 Å².